The second-order valence-corrected chi connectivity index (χ2v) is 3.89. The fourth-order valence-corrected chi connectivity index (χ4v) is 0.843. The molecule has 0 aromatic carbocycles. The van der Waals surface area contributed by atoms with E-state index >= 15 is 0 Å². The van der Waals surface area contributed by atoms with Gasteiger partial charge >= 0.3 is 0 Å². The van der Waals surface area contributed by atoms with Gasteiger partial charge in [0.1, 0.15) is 0 Å². The van der Waals surface area contributed by atoms with Crippen molar-refractivity contribution in [2.75, 3.05) is 20.2 Å². The summed E-state index contributed by atoms with van der Waals surface area (Å²) < 4.78 is 0. The van der Waals surface area contributed by atoms with Crippen LogP contribution in [0.15, 0.2) is 0 Å². The van der Waals surface area contributed by atoms with E-state index in [1.807, 2.05) is 12.1 Å². The van der Waals surface area contributed by atoms with E-state index in [1.54, 1.807) is 0 Å². The summed E-state index contributed by atoms with van der Waals surface area (Å²) in [4.78, 5) is 5.45. The quantitative estimate of drug-likeness (QED) is 0.570. The van der Waals surface area contributed by atoms with Crippen LogP contribution in [0.1, 0.15) is 27.7 Å². The van der Waals surface area contributed by atoms with Gasteiger partial charge < -0.3 is 0 Å². The third-order valence-corrected chi connectivity index (χ3v) is 1.25. The fraction of sp³-hybridized carbons (Fsp3) is 1.00. The maximum Gasteiger partial charge on any atom is 0.0707 e. The van der Waals surface area contributed by atoms with E-state index in [0.29, 0.717) is 11.8 Å². The standard InChI is InChI=1S/C9H21NO/c1-8(2)6-10(5)11-7-9(3)4/h8-9H,6-7H2,1-5H3. The van der Waals surface area contributed by atoms with E-state index in [-0.39, 0.29) is 0 Å². The molecule has 0 aromatic heterocycles. The average molecular weight is 159 g/mol. The molecule has 0 N–H and O–H groups in total. The first-order valence-corrected chi connectivity index (χ1v) is 4.36. The first kappa shape index (κ1) is 10.9. The molecule has 0 saturated carbocycles. The molecule has 2 nitrogen and oxygen atoms in total. The van der Waals surface area contributed by atoms with Gasteiger partial charge in [0, 0.05) is 13.6 Å². The Morgan fingerprint density at radius 3 is 2.00 bits per heavy atom. The van der Waals surface area contributed by atoms with Gasteiger partial charge in [0.15, 0.2) is 0 Å². The van der Waals surface area contributed by atoms with Crippen LogP contribution in [0.5, 0.6) is 0 Å². The molecule has 0 spiro atoms. The lowest BCUT2D eigenvalue weighted by atomic mass is 10.2. The number of rotatable bonds is 5. The Bertz CT molecular complexity index is 91.6. The van der Waals surface area contributed by atoms with Gasteiger partial charge in [-0.15, -0.1) is 0 Å². The summed E-state index contributed by atoms with van der Waals surface area (Å²) in [7, 11) is 1.99. The summed E-state index contributed by atoms with van der Waals surface area (Å²) in [6.45, 7) is 10.5. The van der Waals surface area contributed by atoms with Crippen molar-refractivity contribution in [2.45, 2.75) is 27.7 Å². The molecular formula is C9H21NO. The topological polar surface area (TPSA) is 12.5 Å². The predicted molar refractivity (Wildman–Crippen MR) is 48.3 cm³/mol. The lowest BCUT2D eigenvalue weighted by Crippen LogP contribution is -2.25. The lowest BCUT2D eigenvalue weighted by Gasteiger charge is -2.19. The van der Waals surface area contributed by atoms with E-state index in [4.69, 9.17) is 4.84 Å². The maximum atomic E-state index is 5.45. The SMILES string of the molecule is CC(C)CON(C)CC(C)C. The Morgan fingerprint density at radius 1 is 1.09 bits per heavy atom. The van der Waals surface area contributed by atoms with Crippen LogP contribution in [-0.4, -0.2) is 25.3 Å². The van der Waals surface area contributed by atoms with E-state index in [0.717, 1.165) is 13.2 Å². The highest BCUT2D eigenvalue weighted by Crippen LogP contribution is 1.99. The lowest BCUT2D eigenvalue weighted by molar-refractivity contribution is -0.153. The molecule has 0 amide bonds. The Hall–Kier alpha value is -0.0800. The molecule has 0 saturated heterocycles. The summed E-state index contributed by atoms with van der Waals surface area (Å²) >= 11 is 0. The van der Waals surface area contributed by atoms with Gasteiger partial charge in [-0.05, 0) is 11.8 Å². The Balaban J connectivity index is 3.29. The highest BCUT2D eigenvalue weighted by Gasteiger charge is 2.02. The van der Waals surface area contributed by atoms with Crippen molar-refractivity contribution in [1.29, 1.82) is 0 Å². The molecule has 2 heteroatoms. The molecule has 0 atom stereocenters. The first-order valence-electron chi connectivity index (χ1n) is 4.36. The molecule has 0 aliphatic heterocycles. The van der Waals surface area contributed by atoms with Gasteiger partial charge in [0.2, 0.25) is 0 Å². The van der Waals surface area contributed by atoms with Crippen LogP contribution in [0.3, 0.4) is 0 Å². The molecule has 11 heavy (non-hydrogen) atoms. The van der Waals surface area contributed by atoms with Crippen LogP contribution < -0.4 is 0 Å². The Morgan fingerprint density at radius 2 is 1.64 bits per heavy atom. The number of hydrogen-bond acceptors (Lipinski definition) is 2. The van der Waals surface area contributed by atoms with Crippen molar-refractivity contribution in [3.63, 3.8) is 0 Å². The molecule has 0 aliphatic carbocycles. The van der Waals surface area contributed by atoms with Crippen molar-refractivity contribution >= 4 is 0 Å². The molecule has 0 heterocycles. The normalized spacial score (nSPS) is 12.0. The molecule has 0 aromatic rings. The van der Waals surface area contributed by atoms with Gasteiger partial charge in [-0.3, -0.25) is 4.84 Å². The highest BCUT2D eigenvalue weighted by atomic mass is 16.7. The summed E-state index contributed by atoms with van der Waals surface area (Å²) in [6.07, 6.45) is 0. The maximum absolute atomic E-state index is 5.45. The first-order chi connectivity index (χ1) is 5.02. The monoisotopic (exact) mass is 159 g/mol. The Labute approximate surface area is 70.5 Å². The summed E-state index contributed by atoms with van der Waals surface area (Å²) in [6, 6.07) is 0. The van der Waals surface area contributed by atoms with Gasteiger partial charge in [-0.2, -0.15) is 5.06 Å². The van der Waals surface area contributed by atoms with E-state index < -0.39 is 0 Å². The molecule has 0 radical (unpaired) electrons. The minimum absolute atomic E-state index is 0.615. The number of hydroxylamine groups is 2. The Kier molecular flexibility index (Phi) is 5.51. The van der Waals surface area contributed by atoms with Crippen LogP contribution >= 0.6 is 0 Å². The van der Waals surface area contributed by atoms with Crippen LogP contribution in [-0.2, 0) is 4.84 Å². The smallest absolute Gasteiger partial charge is 0.0707 e. The van der Waals surface area contributed by atoms with Crippen LogP contribution in [0.2, 0.25) is 0 Å². The number of hydrogen-bond donors (Lipinski definition) is 0. The zero-order valence-corrected chi connectivity index (χ0v) is 8.42. The molecule has 68 valence electrons. The zero-order chi connectivity index (χ0) is 8.85. The molecule has 0 rings (SSSR count). The minimum atomic E-state index is 0.615. The predicted octanol–water partition coefficient (Wildman–Crippen LogP) is 2.16. The van der Waals surface area contributed by atoms with Gasteiger partial charge in [-0.25, -0.2) is 0 Å². The molecule has 0 bridgehead atoms. The number of nitrogens with zero attached hydrogens (tertiary/aromatic N) is 1. The van der Waals surface area contributed by atoms with E-state index in [9.17, 15) is 0 Å². The summed E-state index contributed by atoms with van der Waals surface area (Å²) in [5.74, 6) is 1.29. The summed E-state index contributed by atoms with van der Waals surface area (Å²) in [5, 5.41) is 1.92. The molecule has 0 aliphatic rings. The zero-order valence-electron chi connectivity index (χ0n) is 8.42. The van der Waals surface area contributed by atoms with Crippen molar-refractivity contribution < 1.29 is 4.84 Å². The van der Waals surface area contributed by atoms with Gasteiger partial charge in [0.25, 0.3) is 0 Å². The average Bonchev–Trinajstić information content (AvgIpc) is 1.82. The van der Waals surface area contributed by atoms with Crippen LogP contribution in [0, 0.1) is 11.8 Å². The van der Waals surface area contributed by atoms with Crippen molar-refractivity contribution in [2.24, 2.45) is 11.8 Å². The largest absolute Gasteiger partial charge is 0.299 e. The second-order valence-electron chi connectivity index (χ2n) is 3.89. The van der Waals surface area contributed by atoms with Crippen LogP contribution in [0.25, 0.3) is 0 Å². The van der Waals surface area contributed by atoms with Crippen molar-refractivity contribution in [1.82, 2.24) is 5.06 Å². The molecule has 0 fully saturated rings. The van der Waals surface area contributed by atoms with Crippen LogP contribution in [0.4, 0.5) is 0 Å². The third-order valence-electron chi connectivity index (χ3n) is 1.25. The van der Waals surface area contributed by atoms with Crippen molar-refractivity contribution in [3.8, 4) is 0 Å². The van der Waals surface area contributed by atoms with Crippen molar-refractivity contribution in [3.05, 3.63) is 0 Å². The van der Waals surface area contributed by atoms with E-state index in [2.05, 4.69) is 27.7 Å². The highest BCUT2D eigenvalue weighted by molar-refractivity contribution is 4.45. The van der Waals surface area contributed by atoms with E-state index in [1.165, 1.54) is 0 Å². The summed E-state index contributed by atoms with van der Waals surface area (Å²) in [5.41, 5.74) is 0. The molecular weight excluding hydrogens is 138 g/mol. The van der Waals surface area contributed by atoms with Gasteiger partial charge in [0.05, 0.1) is 6.61 Å². The molecule has 0 unspecified atom stereocenters. The minimum Gasteiger partial charge on any atom is -0.299 e. The van der Waals surface area contributed by atoms with Gasteiger partial charge in [-0.1, -0.05) is 27.7 Å². The second kappa shape index (κ2) is 5.56. The fourth-order valence-electron chi connectivity index (χ4n) is 0.843. The third kappa shape index (κ3) is 7.82.